The van der Waals surface area contributed by atoms with Crippen molar-refractivity contribution in [1.29, 1.82) is 0 Å². The average molecular weight is 445 g/mol. The van der Waals surface area contributed by atoms with Crippen molar-refractivity contribution in [3.63, 3.8) is 0 Å². The Morgan fingerprint density at radius 3 is 2.48 bits per heavy atom. The smallest absolute Gasteiger partial charge is 0.348 e. The number of benzene rings is 3. The molecule has 0 aliphatic rings. The summed E-state index contributed by atoms with van der Waals surface area (Å²) < 4.78 is 1.27. The Morgan fingerprint density at radius 2 is 1.76 bits per heavy atom. The van der Waals surface area contributed by atoms with Crippen molar-refractivity contribution < 1.29 is 15.0 Å². The van der Waals surface area contributed by atoms with Crippen molar-refractivity contribution in [2.45, 2.75) is 13.1 Å². The summed E-state index contributed by atoms with van der Waals surface area (Å²) in [5.41, 5.74) is 7.48. The molecular weight excluding hydrogens is 422 g/mol. The maximum absolute atomic E-state index is 13.1. The van der Waals surface area contributed by atoms with E-state index in [1.165, 1.54) is 15.5 Å². The van der Waals surface area contributed by atoms with Gasteiger partial charge in [0.25, 0.3) is 5.91 Å². The molecule has 9 heteroatoms. The number of carbonyl (C=O) groups is 1. The quantitative estimate of drug-likeness (QED) is 0.360. The van der Waals surface area contributed by atoms with Crippen molar-refractivity contribution >= 4 is 5.91 Å². The van der Waals surface area contributed by atoms with Gasteiger partial charge in [0.15, 0.2) is 5.82 Å². The molecule has 0 saturated heterocycles. The number of para-hydroxylation sites is 1. The number of nitrogens with two attached hydrogens (primary N) is 1. The van der Waals surface area contributed by atoms with Crippen LogP contribution in [0.1, 0.15) is 21.5 Å². The van der Waals surface area contributed by atoms with E-state index in [4.69, 9.17) is 5.73 Å². The zero-order valence-electron chi connectivity index (χ0n) is 17.9. The topological polar surface area (TPSA) is 137 Å². The number of rotatable bonds is 6. The Bertz CT molecular complexity index is 1360. The van der Waals surface area contributed by atoms with Gasteiger partial charge >= 0.3 is 5.69 Å². The minimum Gasteiger partial charge on any atom is -0.507 e. The van der Waals surface area contributed by atoms with Crippen LogP contribution in [0.4, 0.5) is 0 Å². The second-order valence-electron chi connectivity index (χ2n) is 7.55. The lowest BCUT2D eigenvalue weighted by Gasteiger charge is -2.19. The summed E-state index contributed by atoms with van der Waals surface area (Å²) in [6, 6.07) is 18.8. The highest BCUT2D eigenvalue weighted by atomic mass is 16.3. The van der Waals surface area contributed by atoms with Gasteiger partial charge in [-0.15, -0.1) is 0 Å². The van der Waals surface area contributed by atoms with Gasteiger partial charge in [-0.05, 0) is 23.3 Å². The van der Waals surface area contributed by atoms with E-state index >= 15 is 0 Å². The highest BCUT2D eigenvalue weighted by molar-refractivity contribution is 5.98. The summed E-state index contributed by atoms with van der Waals surface area (Å²) in [7, 11) is 1.61. The lowest BCUT2D eigenvalue weighted by Crippen LogP contribution is -2.26. The van der Waals surface area contributed by atoms with Gasteiger partial charge in [-0.2, -0.15) is 5.10 Å². The Balaban J connectivity index is 1.78. The van der Waals surface area contributed by atoms with Crippen LogP contribution in [0.25, 0.3) is 17.1 Å². The first kappa shape index (κ1) is 21.8. The molecule has 3 aromatic carbocycles. The minimum absolute atomic E-state index is 0.0321. The number of amides is 1. The van der Waals surface area contributed by atoms with Crippen LogP contribution in [0.15, 0.2) is 71.5 Å². The molecule has 0 bridgehead atoms. The molecule has 0 aliphatic carbocycles. The van der Waals surface area contributed by atoms with E-state index in [1.807, 2.05) is 30.3 Å². The summed E-state index contributed by atoms with van der Waals surface area (Å²) in [4.78, 5) is 27.1. The number of H-pyrrole nitrogens is 1. The Hall–Kier alpha value is -4.37. The molecule has 168 valence electrons. The lowest BCUT2D eigenvalue weighted by molar-refractivity contribution is 0.0782. The van der Waals surface area contributed by atoms with Crippen molar-refractivity contribution in [2.24, 2.45) is 5.73 Å². The van der Waals surface area contributed by atoms with Crippen molar-refractivity contribution in [1.82, 2.24) is 19.7 Å². The number of aromatic hydroxyl groups is 2. The van der Waals surface area contributed by atoms with Crippen LogP contribution in [0.2, 0.25) is 0 Å². The molecule has 0 unspecified atom stereocenters. The molecule has 33 heavy (non-hydrogen) atoms. The Labute approximate surface area is 189 Å². The van der Waals surface area contributed by atoms with Crippen molar-refractivity contribution in [2.75, 3.05) is 7.05 Å². The average Bonchev–Trinajstić information content (AvgIpc) is 3.20. The van der Waals surface area contributed by atoms with Crippen LogP contribution in [0, 0.1) is 0 Å². The first-order valence-corrected chi connectivity index (χ1v) is 10.2. The number of aromatic nitrogens is 3. The molecule has 1 heterocycles. The fraction of sp³-hybridized carbons (Fsp3) is 0.125. The van der Waals surface area contributed by atoms with E-state index in [1.54, 1.807) is 31.3 Å². The van der Waals surface area contributed by atoms with E-state index in [2.05, 4.69) is 10.2 Å². The van der Waals surface area contributed by atoms with E-state index in [9.17, 15) is 19.8 Å². The third kappa shape index (κ3) is 4.21. The molecule has 9 nitrogen and oxygen atoms in total. The van der Waals surface area contributed by atoms with Crippen LogP contribution in [0.3, 0.4) is 0 Å². The highest BCUT2D eigenvalue weighted by Crippen LogP contribution is 2.35. The van der Waals surface area contributed by atoms with Gasteiger partial charge in [0.05, 0.1) is 16.8 Å². The number of nitrogens with zero attached hydrogens (tertiary/aromatic N) is 3. The zero-order valence-corrected chi connectivity index (χ0v) is 17.9. The number of phenols is 2. The molecule has 0 atom stereocenters. The summed E-state index contributed by atoms with van der Waals surface area (Å²) in [6.45, 7) is 0.509. The Morgan fingerprint density at radius 1 is 1.06 bits per heavy atom. The number of hydrogen-bond donors (Lipinski definition) is 4. The third-order valence-electron chi connectivity index (χ3n) is 5.32. The zero-order chi connectivity index (χ0) is 23.5. The predicted octanol–water partition coefficient (Wildman–Crippen LogP) is 2.37. The number of hydrogen-bond acceptors (Lipinski definition) is 6. The summed E-state index contributed by atoms with van der Waals surface area (Å²) in [5, 5.41) is 27.4. The maximum Gasteiger partial charge on any atom is 0.348 e. The number of nitrogens with one attached hydrogen (secondary N) is 1. The van der Waals surface area contributed by atoms with Crippen LogP contribution < -0.4 is 11.4 Å². The first-order chi connectivity index (χ1) is 15.9. The Kier molecular flexibility index (Phi) is 5.97. The molecule has 4 aromatic rings. The molecule has 1 amide bonds. The SMILES string of the molecule is CN(Cc1ccccc1)C(=O)c1cc(-c2n[nH]c(=O)n2-c2ccccc2CN)c(O)cc1O. The van der Waals surface area contributed by atoms with Gasteiger partial charge in [0.2, 0.25) is 0 Å². The van der Waals surface area contributed by atoms with Gasteiger partial charge in [-0.1, -0.05) is 48.5 Å². The van der Waals surface area contributed by atoms with Crippen LogP contribution in [0.5, 0.6) is 11.5 Å². The van der Waals surface area contributed by atoms with E-state index in [0.29, 0.717) is 17.8 Å². The van der Waals surface area contributed by atoms with Gasteiger partial charge in [-0.25, -0.2) is 14.5 Å². The number of carbonyl (C=O) groups excluding carboxylic acids is 1. The number of aromatic amines is 1. The van der Waals surface area contributed by atoms with Crippen LogP contribution in [-0.4, -0.2) is 42.8 Å². The number of phenolic OH excluding ortho intramolecular Hbond substituents is 2. The second-order valence-corrected chi connectivity index (χ2v) is 7.55. The predicted molar refractivity (Wildman–Crippen MR) is 123 cm³/mol. The van der Waals surface area contributed by atoms with Gasteiger partial charge in [0.1, 0.15) is 11.5 Å². The van der Waals surface area contributed by atoms with Crippen LogP contribution in [-0.2, 0) is 13.1 Å². The van der Waals surface area contributed by atoms with E-state index in [-0.39, 0.29) is 35.0 Å². The monoisotopic (exact) mass is 445 g/mol. The maximum atomic E-state index is 13.1. The van der Waals surface area contributed by atoms with Gasteiger partial charge in [0, 0.05) is 26.2 Å². The molecular formula is C24H23N5O4. The largest absolute Gasteiger partial charge is 0.507 e. The fourth-order valence-corrected chi connectivity index (χ4v) is 3.67. The van der Waals surface area contributed by atoms with Crippen LogP contribution >= 0.6 is 0 Å². The lowest BCUT2D eigenvalue weighted by atomic mass is 10.1. The molecule has 1 aromatic heterocycles. The normalized spacial score (nSPS) is 10.8. The fourth-order valence-electron chi connectivity index (χ4n) is 3.67. The summed E-state index contributed by atoms with van der Waals surface area (Å²) >= 11 is 0. The summed E-state index contributed by atoms with van der Waals surface area (Å²) in [6.07, 6.45) is 0. The van der Waals surface area contributed by atoms with Gasteiger partial charge in [-0.3, -0.25) is 4.79 Å². The molecule has 0 saturated carbocycles. The molecule has 4 rings (SSSR count). The van der Waals surface area contributed by atoms with E-state index < -0.39 is 11.6 Å². The first-order valence-electron chi connectivity index (χ1n) is 10.2. The third-order valence-corrected chi connectivity index (χ3v) is 5.32. The van der Waals surface area contributed by atoms with E-state index in [0.717, 1.165) is 11.6 Å². The molecule has 0 spiro atoms. The summed E-state index contributed by atoms with van der Waals surface area (Å²) in [5.74, 6) is -1.09. The molecule has 5 N–H and O–H groups in total. The molecule has 0 fully saturated rings. The highest BCUT2D eigenvalue weighted by Gasteiger charge is 2.23. The molecule has 0 radical (unpaired) electrons. The minimum atomic E-state index is -0.535. The molecule has 0 aliphatic heterocycles. The van der Waals surface area contributed by atoms with Crippen molar-refractivity contribution in [3.8, 4) is 28.6 Å². The van der Waals surface area contributed by atoms with Gasteiger partial charge < -0.3 is 20.8 Å². The van der Waals surface area contributed by atoms with Crippen molar-refractivity contribution in [3.05, 3.63) is 93.9 Å². The second kappa shape index (κ2) is 9.01. The standard InChI is InChI=1S/C24H23N5O4/c1-28(14-15-7-3-2-4-8-15)23(32)18-11-17(20(30)12-21(18)31)22-26-27-24(33)29(22)19-10-6-5-9-16(19)13-25/h2-12,30-31H,13-14,25H2,1H3,(H,27,33).